The molecule has 0 saturated carbocycles. The van der Waals surface area contributed by atoms with Crippen LogP contribution in [0, 0.1) is 0 Å². The van der Waals surface area contributed by atoms with E-state index in [1.165, 1.54) is 41.5 Å². The number of aromatic nitrogens is 2. The zero-order valence-corrected chi connectivity index (χ0v) is 18.0. The first-order valence-electron chi connectivity index (χ1n) is 8.98. The number of alkyl halides is 3. The Hall–Kier alpha value is -2.85. The summed E-state index contributed by atoms with van der Waals surface area (Å²) in [5.74, 6) is -1.17. The van der Waals surface area contributed by atoms with Gasteiger partial charge in [-0.3, -0.25) is 0 Å². The van der Waals surface area contributed by atoms with Crippen molar-refractivity contribution in [2.45, 2.75) is 65.8 Å². The topological polar surface area (TPSA) is 90.8 Å². The van der Waals surface area contributed by atoms with E-state index in [9.17, 15) is 22.8 Å². The van der Waals surface area contributed by atoms with Crippen molar-refractivity contribution in [3.8, 4) is 0 Å². The highest BCUT2D eigenvalue weighted by molar-refractivity contribution is 6.08. The molecule has 0 saturated heterocycles. The number of hydrogen-bond acceptors (Lipinski definition) is 7. The molecule has 0 spiro atoms. The molecule has 8 nitrogen and oxygen atoms in total. The number of rotatable bonds is 4. The highest BCUT2D eigenvalue weighted by Crippen LogP contribution is 2.34. The van der Waals surface area contributed by atoms with Crippen LogP contribution in [0.2, 0.25) is 0 Å². The van der Waals surface area contributed by atoms with E-state index in [4.69, 9.17) is 14.2 Å². The largest absolute Gasteiger partial charge is 0.494 e. The first-order valence-corrected chi connectivity index (χ1v) is 8.98. The monoisotopic (exact) mass is 433 g/mol. The molecule has 0 aliphatic carbocycles. The maximum atomic E-state index is 13.6. The predicted molar refractivity (Wildman–Crippen MR) is 103 cm³/mol. The van der Waals surface area contributed by atoms with Crippen LogP contribution in [-0.4, -0.2) is 40.0 Å². The van der Waals surface area contributed by atoms with Gasteiger partial charge < -0.3 is 14.2 Å². The number of imide groups is 1. The molecule has 0 N–H and O–H groups in total. The molecule has 11 heteroatoms. The van der Waals surface area contributed by atoms with E-state index in [0.717, 1.165) is 6.20 Å². The normalized spacial score (nSPS) is 12.2. The minimum atomic E-state index is -4.94. The van der Waals surface area contributed by atoms with Gasteiger partial charge in [0, 0.05) is 6.20 Å². The fraction of sp³-hybridized carbons (Fsp3) is 0.579. The van der Waals surface area contributed by atoms with Gasteiger partial charge in [-0.15, -0.1) is 4.90 Å². The zero-order chi connectivity index (χ0) is 23.5. The molecule has 0 aromatic carbocycles. The Bertz CT molecular complexity index is 783. The molecular weight excluding hydrogens is 407 g/mol. The van der Waals surface area contributed by atoms with Gasteiger partial charge in [0.2, 0.25) is 5.95 Å². The Morgan fingerprint density at radius 3 is 1.87 bits per heavy atom. The van der Waals surface area contributed by atoms with Crippen LogP contribution in [0.15, 0.2) is 12.8 Å². The number of carbonyl (C=O) groups excluding carboxylic acids is 2. The van der Waals surface area contributed by atoms with Crippen molar-refractivity contribution in [1.82, 2.24) is 9.97 Å². The average molecular weight is 433 g/mol. The summed E-state index contributed by atoms with van der Waals surface area (Å²) in [6.07, 6.45) is -6.76. The summed E-state index contributed by atoms with van der Waals surface area (Å²) in [6, 6.07) is 0. The molecule has 0 aliphatic heterocycles. The molecule has 1 heterocycles. The van der Waals surface area contributed by atoms with Crippen LogP contribution in [0.1, 0.15) is 59.7 Å². The fourth-order valence-corrected chi connectivity index (χ4v) is 2.01. The standard InChI is InChI=1S/C19H26F3N3O5/c1-9-28-11(2)12-10-23-14(24-13(12)19(20,21)22)25(15(26)29-17(3,4)5)16(27)30-18(6,7)8/h10H,2,9H2,1,3-8H3. The average Bonchev–Trinajstić information content (AvgIpc) is 2.50. The van der Waals surface area contributed by atoms with Gasteiger partial charge in [0.15, 0.2) is 5.69 Å². The Morgan fingerprint density at radius 2 is 1.50 bits per heavy atom. The van der Waals surface area contributed by atoms with E-state index in [2.05, 4.69) is 16.5 Å². The van der Waals surface area contributed by atoms with E-state index in [1.807, 2.05) is 0 Å². The molecule has 0 fully saturated rings. The van der Waals surface area contributed by atoms with Crippen LogP contribution in [0.25, 0.3) is 5.76 Å². The van der Waals surface area contributed by atoms with Crippen molar-refractivity contribution in [3.63, 3.8) is 0 Å². The van der Waals surface area contributed by atoms with E-state index in [-0.39, 0.29) is 17.3 Å². The fourth-order valence-electron chi connectivity index (χ4n) is 2.01. The lowest BCUT2D eigenvalue weighted by atomic mass is 10.2. The van der Waals surface area contributed by atoms with Crippen molar-refractivity contribution < 1.29 is 37.0 Å². The van der Waals surface area contributed by atoms with Crippen molar-refractivity contribution in [1.29, 1.82) is 0 Å². The molecule has 1 rings (SSSR count). The number of hydrogen-bond donors (Lipinski definition) is 0. The predicted octanol–water partition coefficient (Wildman–Crippen LogP) is 5.18. The first-order chi connectivity index (χ1) is 13.5. The van der Waals surface area contributed by atoms with Gasteiger partial charge in [0.25, 0.3) is 0 Å². The van der Waals surface area contributed by atoms with Gasteiger partial charge in [0.1, 0.15) is 17.0 Å². The number of nitrogens with zero attached hydrogens (tertiary/aromatic N) is 3. The third-order valence-electron chi connectivity index (χ3n) is 3.02. The molecule has 0 atom stereocenters. The van der Waals surface area contributed by atoms with Crippen LogP contribution in [0.3, 0.4) is 0 Å². The molecule has 30 heavy (non-hydrogen) atoms. The lowest BCUT2D eigenvalue weighted by Crippen LogP contribution is -2.44. The number of carbonyl (C=O) groups is 2. The summed E-state index contributed by atoms with van der Waals surface area (Å²) < 4.78 is 56.0. The van der Waals surface area contributed by atoms with E-state index in [0.29, 0.717) is 0 Å². The van der Waals surface area contributed by atoms with Crippen LogP contribution >= 0.6 is 0 Å². The Kier molecular flexibility index (Phi) is 7.46. The number of anilines is 1. The van der Waals surface area contributed by atoms with Gasteiger partial charge in [-0.1, -0.05) is 6.58 Å². The van der Waals surface area contributed by atoms with Crippen molar-refractivity contribution in [3.05, 3.63) is 24.0 Å². The number of amides is 2. The second-order valence-electron chi connectivity index (χ2n) is 8.08. The van der Waals surface area contributed by atoms with Crippen LogP contribution in [0.4, 0.5) is 28.7 Å². The lowest BCUT2D eigenvalue weighted by molar-refractivity contribution is -0.141. The zero-order valence-electron chi connectivity index (χ0n) is 18.0. The van der Waals surface area contributed by atoms with Crippen LogP contribution in [-0.2, 0) is 20.4 Å². The van der Waals surface area contributed by atoms with E-state index in [1.54, 1.807) is 6.92 Å². The van der Waals surface area contributed by atoms with Gasteiger partial charge in [-0.05, 0) is 48.5 Å². The van der Waals surface area contributed by atoms with Gasteiger partial charge >= 0.3 is 18.4 Å². The van der Waals surface area contributed by atoms with Gasteiger partial charge in [-0.25, -0.2) is 19.6 Å². The molecule has 1 aromatic heterocycles. The summed E-state index contributed by atoms with van der Waals surface area (Å²) in [5.41, 5.74) is -4.05. The molecule has 2 amide bonds. The summed E-state index contributed by atoms with van der Waals surface area (Å²) in [6.45, 7) is 14.2. The summed E-state index contributed by atoms with van der Waals surface area (Å²) in [7, 11) is 0. The lowest BCUT2D eigenvalue weighted by Gasteiger charge is -2.27. The third kappa shape index (κ3) is 7.20. The summed E-state index contributed by atoms with van der Waals surface area (Å²) in [4.78, 5) is 32.5. The van der Waals surface area contributed by atoms with Crippen LogP contribution < -0.4 is 4.90 Å². The highest BCUT2D eigenvalue weighted by atomic mass is 19.4. The summed E-state index contributed by atoms with van der Waals surface area (Å²) >= 11 is 0. The number of halogens is 3. The van der Waals surface area contributed by atoms with Crippen molar-refractivity contribution in [2.24, 2.45) is 0 Å². The highest BCUT2D eigenvalue weighted by Gasteiger charge is 2.40. The Balaban J connectivity index is 3.57. The quantitative estimate of drug-likeness (QED) is 0.604. The molecule has 0 aliphatic rings. The maximum absolute atomic E-state index is 13.6. The van der Waals surface area contributed by atoms with Crippen molar-refractivity contribution >= 4 is 23.9 Å². The van der Waals surface area contributed by atoms with E-state index < -0.39 is 46.8 Å². The molecule has 168 valence electrons. The molecule has 0 bridgehead atoms. The van der Waals surface area contributed by atoms with Crippen molar-refractivity contribution in [2.75, 3.05) is 11.5 Å². The Labute approximate surface area is 173 Å². The second-order valence-corrected chi connectivity index (χ2v) is 8.08. The van der Waals surface area contributed by atoms with E-state index >= 15 is 0 Å². The first kappa shape index (κ1) is 25.2. The number of ether oxygens (including phenoxy) is 3. The summed E-state index contributed by atoms with van der Waals surface area (Å²) in [5, 5.41) is 0. The molecular formula is C19H26F3N3O5. The third-order valence-corrected chi connectivity index (χ3v) is 3.02. The van der Waals surface area contributed by atoms with Crippen LogP contribution in [0.5, 0.6) is 0 Å². The maximum Gasteiger partial charge on any atom is 0.434 e. The minimum absolute atomic E-state index is 0.0693. The second kappa shape index (κ2) is 8.88. The molecule has 0 unspecified atom stereocenters. The molecule has 0 radical (unpaired) electrons. The Morgan fingerprint density at radius 1 is 1.03 bits per heavy atom. The minimum Gasteiger partial charge on any atom is -0.494 e. The SMILES string of the molecule is C=C(OCC)c1cnc(N(C(=O)OC(C)(C)C)C(=O)OC(C)(C)C)nc1C(F)(F)F. The van der Waals surface area contributed by atoms with Gasteiger partial charge in [-0.2, -0.15) is 13.2 Å². The smallest absolute Gasteiger partial charge is 0.434 e. The molecule has 1 aromatic rings. The van der Waals surface area contributed by atoms with Gasteiger partial charge in [0.05, 0.1) is 12.2 Å².